The number of nitrogens with one attached hydrogen (secondary N) is 2. The lowest BCUT2D eigenvalue weighted by Crippen LogP contribution is -2.49. The van der Waals surface area contributed by atoms with Crippen LogP contribution < -0.4 is 20.3 Å². The standard InChI is InChI=1S/C24H35N5O.HI/c1-4-16-30-22-7-5-6-20(17-22)10-13-26-24(25-3)28-21-11-14-29(15-12-21)23-9-8-19(2)18-27-23;/h5-9,17-18,21H,4,10-16H2,1-3H3,(H2,25,26,28);1H. The molecule has 1 fully saturated rings. The summed E-state index contributed by atoms with van der Waals surface area (Å²) in [5.41, 5.74) is 2.47. The highest BCUT2D eigenvalue weighted by Crippen LogP contribution is 2.18. The van der Waals surface area contributed by atoms with E-state index >= 15 is 0 Å². The second-order valence-electron chi connectivity index (χ2n) is 7.84. The number of rotatable bonds is 8. The summed E-state index contributed by atoms with van der Waals surface area (Å²) in [4.78, 5) is 11.3. The molecule has 1 aromatic heterocycles. The molecule has 170 valence electrons. The number of guanidine groups is 1. The van der Waals surface area contributed by atoms with Crippen molar-refractivity contribution in [3.05, 3.63) is 53.7 Å². The van der Waals surface area contributed by atoms with Gasteiger partial charge in [-0.2, -0.15) is 0 Å². The number of pyridine rings is 1. The number of nitrogens with zero attached hydrogens (tertiary/aromatic N) is 3. The number of benzene rings is 1. The molecule has 2 aromatic rings. The Morgan fingerprint density at radius 2 is 2.03 bits per heavy atom. The molecule has 0 bridgehead atoms. The summed E-state index contributed by atoms with van der Waals surface area (Å²) in [6, 6.07) is 13.0. The molecule has 6 nitrogen and oxygen atoms in total. The highest BCUT2D eigenvalue weighted by Gasteiger charge is 2.20. The lowest BCUT2D eigenvalue weighted by atomic mass is 10.1. The molecule has 0 spiro atoms. The number of hydrogen-bond donors (Lipinski definition) is 2. The first-order chi connectivity index (χ1) is 14.7. The van der Waals surface area contributed by atoms with Gasteiger partial charge in [0.25, 0.3) is 0 Å². The topological polar surface area (TPSA) is 61.8 Å². The summed E-state index contributed by atoms with van der Waals surface area (Å²) < 4.78 is 5.73. The van der Waals surface area contributed by atoms with E-state index in [1.165, 1.54) is 11.1 Å². The molecular weight excluding hydrogens is 501 g/mol. The second-order valence-corrected chi connectivity index (χ2v) is 7.84. The molecule has 1 aliphatic rings. The minimum absolute atomic E-state index is 0. The number of piperidine rings is 1. The summed E-state index contributed by atoms with van der Waals surface area (Å²) >= 11 is 0. The number of aromatic nitrogens is 1. The first-order valence-corrected chi connectivity index (χ1v) is 11.0. The third-order valence-corrected chi connectivity index (χ3v) is 5.36. The van der Waals surface area contributed by atoms with Crippen LogP contribution in [0, 0.1) is 6.92 Å². The fourth-order valence-corrected chi connectivity index (χ4v) is 3.62. The zero-order chi connectivity index (χ0) is 21.2. The zero-order valence-corrected chi connectivity index (χ0v) is 21.3. The van der Waals surface area contributed by atoms with E-state index in [1.54, 1.807) is 0 Å². The van der Waals surface area contributed by atoms with Crippen LogP contribution in [0.25, 0.3) is 0 Å². The molecule has 0 saturated carbocycles. The number of ether oxygens (including phenoxy) is 1. The molecule has 0 aliphatic carbocycles. The van der Waals surface area contributed by atoms with E-state index in [2.05, 4.69) is 69.7 Å². The summed E-state index contributed by atoms with van der Waals surface area (Å²) in [6.07, 6.45) is 6.05. The molecule has 0 unspecified atom stereocenters. The van der Waals surface area contributed by atoms with Gasteiger partial charge in [0, 0.05) is 38.9 Å². The minimum Gasteiger partial charge on any atom is -0.494 e. The van der Waals surface area contributed by atoms with Gasteiger partial charge in [-0.05, 0) is 61.9 Å². The summed E-state index contributed by atoms with van der Waals surface area (Å²) in [7, 11) is 1.83. The smallest absolute Gasteiger partial charge is 0.191 e. The van der Waals surface area contributed by atoms with Crippen LogP contribution in [0.4, 0.5) is 5.82 Å². The van der Waals surface area contributed by atoms with Crippen molar-refractivity contribution >= 4 is 35.8 Å². The number of halogens is 1. The molecule has 3 rings (SSSR count). The Hall–Kier alpha value is -2.03. The molecule has 2 heterocycles. The maximum absolute atomic E-state index is 5.73. The molecule has 31 heavy (non-hydrogen) atoms. The van der Waals surface area contributed by atoms with Gasteiger partial charge in [-0.15, -0.1) is 24.0 Å². The van der Waals surface area contributed by atoms with Crippen molar-refractivity contribution in [1.82, 2.24) is 15.6 Å². The second kappa shape index (κ2) is 13.4. The van der Waals surface area contributed by atoms with Crippen LogP contribution in [0.15, 0.2) is 47.6 Å². The maximum Gasteiger partial charge on any atom is 0.191 e. The highest BCUT2D eigenvalue weighted by molar-refractivity contribution is 14.0. The van der Waals surface area contributed by atoms with Crippen molar-refractivity contribution in [3.8, 4) is 5.75 Å². The van der Waals surface area contributed by atoms with Crippen LogP contribution in [0.5, 0.6) is 5.75 Å². The molecule has 0 radical (unpaired) electrons. The van der Waals surface area contributed by atoms with Crippen LogP contribution in [0.3, 0.4) is 0 Å². The first-order valence-electron chi connectivity index (χ1n) is 11.0. The normalized spacial score (nSPS) is 14.7. The van der Waals surface area contributed by atoms with Gasteiger partial charge in [-0.25, -0.2) is 4.98 Å². The predicted octanol–water partition coefficient (Wildman–Crippen LogP) is 4.17. The van der Waals surface area contributed by atoms with Gasteiger partial charge in [0.2, 0.25) is 0 Å². The molecule has 0 amide bonds. The molecule has 1 aromatic carbocycles. The summed E-state index contributed by atoms with van der Waals surface area (Å²) in [5, 5.41) is 7.03. The Balaban J connectivity index is 0.00000341. The average Bonchev–Trinajstić information content (AvgIpc) is 2.78. The van der Waals surface area contributed by atoms with E-state index in [4.69, 9.17) is 4.74 Å². The average molecular weight is 537 g/mol. The number of aryl methyl sites for hydroxylation is 1. The monoisotopic (exact) mass is 537 g/mol. The van der Waals surface area contributed by atoms with Crippen LogP contribution >= 0.6 is 24.0 Å². The molecule has 0 atom stereocenters. The third-order valence-electron chi connectivity index (χ3n) is 5.36. The van der Waals surface area contributed by atoms with Crippen LogP contribution in [0.1, 0.15) is 37.3 Å². The van der Waals surface area contributed by atoms with Gasteiger partial charge < -0.3 is 20.3 Å². The summed E-state index contributed by atoms with van der Waals surface area (Å²) in [5.74, 6) is 2.90. The van der Waals surface area contributed by atoms with Crippen molar-refractivity contribution in [2.75, 3.05) is 38.2 Å². The molecular formula is C24H36IN5O. The number of hydrogen-bond acceptors (Lipinski definition) is 4. The maximum atomic E-state index is 5.73. The third kappa shape index (κ3) is 8.20. The lowest BCUT2D eigenvalue weighted by Gasteiger charge is -2.33. The fourth-order valence-electron chi connectivity index (χ4n) is 3.62. The van der Waals surface area contributed by atoms with Gasteiger partial charge in [-0.3, -0.25) is 4.99 Å². The summed E-state index contributed by atoms with van der Waals surface area (Å²) in [6.45, 7) is 7.81. The van der Waals surface area contributed by atoms with Crippen LogP contribution in [0.2, 0.25) is 0 Å². The van der Waals surface area contributed by atoms with Crippen molar-refractivity contribution in [2.24, 2.45) is 4.99 Å². The molecule has 1 aliphatic heterocycles. The van der Waals surface area contributed by atoms with E-state index in [0.717, 1.165) is 69.5 Å². The predicted molar refractivity (Wildman–Crippen MR) is 140 cm³/mol. The Bertz CT molecular complexity index is 804. The van der Waals surface area contributed by atoms with Crippen LogP contribution in [-0.4, -0.2) is 50.3 Å². The van der Waals surface area contributed by atoms with Gasteiger partial charge in [0.15, 0.2) is 5.96 Å². The van der Waals surface area contributed by atoms with Gasteiger partial charge in [0.1, 0.15) is 11.6 Å². The van der Waals surface area contributed by atoms with Crippen LogP contribution in [-0.2, 0) is 6.42 Å². The van der Waals surface area contributed by atoms with E-state index in [-0.39, 0.29) is 24.0 Å². The molecule has 2 N–H and O–H groups in total. The number of aliphatic imine (C=N–C) groups is 1. The van der Waals surface area contributed by atoms with Crippen molar-refractivity contribution in [3.63, 3.8) is 0 Å². The van der Waals surface area contributed by atoms with E-state index < -0.39 is 0 Å². The quantitative estimate of drug-likeness (QED) is 0.301. The zero-order valence-electron chi connectivity index (χ0n) is 18.9. The van der Waals surface area contributed by atoms with Crippen molar-refractivity contribution in [1.29, 1.82) is 0 Å². The van der Waals surface area contributed by atoms with Crippen molar-refractivity contribution in [2.45, 2.75) is 45.6 Å². The SMILES string of the molecule is CCCOc1cccc(CCNC(=NC)NC2CCN(c3ccc(C)cn3)CC2)c1.I. The van der Waals surface area contributed by atoms with Gasteiger partial charge in [-0.1, -0.05) is 25.1 Å². The first kappa shape index (κ1) is 25.2. The van der Waals surface area contributed by atoms with Gasteiger partial charge in [0.05, 0.1) is 6.61 Å². The fraction of sp³-hybridized carbons (Fsp3) is 0.500. The van der Waals surface area contributed by atoms with Crippen molar-refractivity contribution < 1.29 is 4.74 Å². The van der Waals surface area contributed by atoms with Gasteiger partial charge >= 0.3 is 0 Å². The molecule has 7 heteroatoms. The molecule has 1 saturated heterocycles. The Kier molecular flexibility index (Phi) is 10.9. The highest BCUT2D eigenvalue weighted by atomic mass is 127. The Morgan fingerprint density at radius 3 is 2.71 bits per heavy atom. The lowest BCUT2D eigenvalue weighted by molar-refractivity contribution is 0.317. The Morgan fingerprint density at radius 1 is 1.23 bits per heavy atom. The van der Waals surface area contributed by atoms with E-state index in [9.17, 15) is 0 Å². The van der Waals surface area contributed by atoms with E-state index in [1.807, 2.05) is 19.3 Å². The van der Waals surface area contributed by atoms with E-state index in [0.29, 0.717) is 6.04 Å². The minimum atomic E-state index is 0. The largest absolute Gasteiger partial charge is 0.494 e. The number of anilines is 1. The Labute approximate surface area is 203 Å².